The summed E-state index contributed by atoms with van der Waals surface area (Å²) in [4.78, 5) is 16.2. The summed E-state index contributed by atoms with van der Waals surface area (Å²) in [6.45, 7) is 2.13. The van der Waals surface area contributed by atoms with Gasteiger partial charge < -0.3 is 15.5 Å². The van der Waals surface area contributed by atoms with Crippen molar-refractivity contribution in [2.45, 2.75) is 25.7 Å². The van der Waals surface area contributed by atoms with Crippen LogP contribution in [0.25, 0.3) is 11.1 Å². The minimum absolute atomic E-state index is 0. The Hall–Kier alpha value is -1.59. The van der Waals surface area contributed by atoms with Gasteiger partial charge in [-0.15, -0.1) is 12.4 Å². The molecule has 1 aliphatic rings. The number of carbonyl (C=O) groups excluding carboxylic acids is 1. The number of amides is 1. The van der Waals surface area contributed by atoms with E-state index in [9.17, 15) is 4.79 Å². The summed E-state index contributed by atoms with van der Waals surface area (Å²) in [6, 6.07) is 5.52. The molecule has 6 heteroatoms. The molecule has 1 unspecified atom stereocenters. The Labute approximate surface area is 123 Å². The van der Waals surface area contributed by atoms with E-state index in [2.05, 4.69) is 10.3 Å². The van der Waals surface area contributed by atoms with Crippen molar-refractivity contribution in [2.24, 2.45) is 11.7 Å². The molecular formula is C14H18ClN3O2. The van der Waals surface area contributed by atoms with Gasteiger partial charge >= 0.3 is 0 Å². The number of halogens is 1. The zero-order chi connectivity index (χ0) is 13.4. The highest BCUT2D eigenvalue weighted by Gasteiger charge is 2.28. The third kappa shape index (κ3) is 2.94. The third-order valence-corrected chi connectivity index (χ3v) is 3.40. The first kappa shape index (κ1) is 14.8. The molecule has 3 rings (SSSR count). The Morgan fingerprint density at radius 3 is 2.95 bits per heavy atom. The predicted molar refractivity (Wildman–Crippen MR) is 80.1 cm³/mol. The summed E-state index contributed by atoms with van der Waals surface area (Å²) in [7, 11) is 0. The Morgan fingerprint density at radius 1 is 1.55 bits per heavy atom. The van der Waals surface area contributed by atoms with Crippen LogP contribution in [0.5, 0.6) is 0 Å². The van der Waals surface area contributed by atoms with Crippen LogP contribution in [-0.2, 0) is 4.79 Å². The van der Waals surface area contributed by atoms with Crippen LogP contribution in [0.1, 0.15) is 31.6 Å². The molecule has 108 valence electrons. The van der Waals surface area contributed by atoms with Crippen LogP contribution in [0, 0.1) is 5.92 Å². The van der Waals surface area contributed by atoms with Crippen molar-refractivity contribution < 1.29 is 9.21 Å². The number of anilines is 1. The fraction of sp³-hybridized carbons (Fsp3) is 0.429. The second-order valence-electron chi connectivity index (χ2n) is 5.13. The highest BCUT2D eigenvalue weighted by Crippen LogP contribution is 2.40. The number of nitrogens with two attached hydrogens (primary N) is 1. The molecule has 1 aliphatic carbocycles. The highest BCUT2D eigenvalue weighted by atomic mass is 35.5. The van der Waals surface area contributed by atoms with Gasteiger partial charge in [0.15, 0.2) is 11.5 Å². The van der Waals surface area contributed by atoms with Crippen molar-refractivity contribution >= 4 is 35.1 Å². The molecule has 1 atom stereocenters. The van der Waals surface area contributed by atoms with Gasteiger partial charge in [-0.25, -0.2) is 4.98 Å². The van der Waals surface area contributed by atoms with E-state index in [1.54, 1.807) is 6.92 Å². The Kier molecular flexibility index (Phi) is 4.30. The van der Waals surface area contributed by atoms with E-state index in [4.69, 9.17) is 10.2 Å². The van der Waals surface area contributed by atoms with Crippen LogP contribution in [0.2, 0.25) is 0 Å². The van der Waals surface area contributed by atoms with Crippen LogP contribution in [0.4, 0.5) is 5.69 Å². The summed E-state index contributed by atoms with van der Waals surface area (Å²) in [5, 5.41) is 2.83. The summed E-state index contributed by atoms with van der Waals surface area (Å²) in [6.07, 6.45) is 2.31. The smallest absolute Gasteiger partial charge is 0.228 e. The lowest BCUT2D eigenvalue weighted by molar-refractivity contribution is -0.119. The molecule has 1 saturated carbocycles. The first-order valence-electron chi connectivity index (χ1n) is 6.59. The maximum atomic E-state index is 11.8. The Balaban J connectivity index is 0.00000147. The van der Waals surface area contributed by atoms with Crippen LogP contribution >= 0.6 is 12.4 Å². The number of nitrogens with one attached hydrogen (secondary N) is 1. The first-order valence-corrected chi connectivity index (χ1v) is 6.59. The normalized spacial score (nSPS) is 15.7. The molecule has 0 bridgehead atoms. The zero-order valence-electron chi connectivity index (χ0n) is 11.3. The van der Waals surface area contributed by atoms with Crippen molar-refractivity contribution in [1.29, 1.82) is 0 Å². The molecule has 1 fully saturated rings. The Morgan fingerprint density at radius 2 is 2.30 bits per heavy atom. The molecule has 1 amide bonds. The quantitative estimate of drug-likeness (QED) is 0.908. The minimum atomic E-state index is -0.201. The van der Waals surface area contributed by atoms with Crippen LogP contribution in [0.3, 0.4) is 0 Å². The van der Waals surface area contributed by atoms with Crippen molar-refractivity contribution in [3.63, 3.8) is 0 Å². The minimum Gasteiger partial charge on any atom is -0.440 e. The van der Waals surface area contributed by atoms with Crippen molar-refractivity contribution in [3.8, 4) is 0 Å². The van der Waals surface area contributed by atoms with E-state index < -0.39 is 0 Å². The second-order valence-corrected chi connectivity index (χ2v) is 5.13. The van der Waals surface area contributed by atoms with E-state index >= 15 is 0 Å². The van der Waals surface area contributed by atoms with E-state index in [0.29, 0.717) is 12.5 Å². The second kappa shape index (κ2) is 5.81. The molecule has 1 aromatic carbocycles. The molecule has 0 saturated heterocycles. The molecule has 3 N–H and O–H groups in total. The SMILES string of the molecule is CC(CN)C(=O)Nc1ccc2nc(C3CC3)oc2c1.Cl. The monoisotopic (exact) mass is 295 g/mol. The molecular weight excluding hydrogens is 278 g/mol. The van der Waals surface area contributed by atoms with Crippen LogP contribution in [-0.4, -0.2) is 17.4 Å². The van der Waals surface area contributed by atoms with E-state index in [1.807, 2.05) is 18.2 Å². The lowest BCUT2D eigenvalue weighted by Crippen LogP contribution is -2.26. The molecule has 0 spiro atoms. The number of fused-ring (bicyclic) bond motifs is 1. The van der Waals surface area contributed by atoms with Crippen LogP contribution < -0.4 is 11.1 Å². The van der Waals surface area contributed by atoms with Crippen LogP contribution in [0.15, 0.2) is 22.6 Å². The highest BCUT2D eigenvalue weighted by molar-refractivity contribution is 5.94. The van der Waals surface area contributed by atoms with E-state index in [-0.39, 0.29) is 24.2 Å². The molecule has 2 aromatic rings. The van der Waals surface area contributed by atoms with Gasteiger partial charge in [0.05, 0.1) is 0 Å². The average Bonchev–Trinajstić information content (AvgIpc) is 3.17. The molecule has 1 aromatic heterocycles. The van der Waals surface area contributed by atoms with Gasteiger partial charge in [0.2, 0.25) is 5.91 Å². The number of nitrogens with zero attached hydrogens (tertiary/aromatic N) is 1. The maximum Gasteiger partial charge on any atom is 0.228 e. The summed E-state index contributed by atoms with van der Waals surface area (Å²) < 4.78 is 5.71. The lowest BCUT2D eigenvalue weighted by Gasteiger charge is -2.09. The summed E-state index contributed by atoms with van der Waals surface area (Å²) in [5.74, 6) is 1.02. The predicted octanol–water partition coefficient (Wildman–Crippen LogP) is 2.66. The molecule has 1 heterocycles. The van der Waals surface area contributed by atoms with E-state index in [1.165, 1.54) is 0 Å². The number of benzene rings is 1. The number of hydrogen-bond acceptors (Lipinski definition) is 4. The van der Waals surface area contributed by atoms with Gasteiger partial charge in [-0.1, -0.05) is 6.92 Å². The number of aromatic nitrogens is 1. The summed E-state index contributed by atoms with van der Waals surface area (Å²) >= 11 is 0. The molecule has 0 radical (unpaired) electrons. The Bertz CT molecular complexity index is 622. The van der Waals surface area contributed by atoms with Gasteiger partial charge in [-0.05, 0) is 25.0 Å². The standard InChI is InChI=1S/C14H17N3O2.ClH/c1-8(7-15)13(18)16-10-4-5-11-12(6-10)19-14(17-11)9-2-3-9;/h4-6,8-9H,2-3,7,15H2,1H3,(H,16,18);1H. The summed E-state index contributed by atoms with van der Waals surface area (Å²) in [5.41, 5.74) is 7.75. The number of hydrogen-bond donors (Lipinski definition) is 2. The zero-order valence-corrected chi connectivity index (χ0v) is 12.1. The van der Waals surface area contributed by atoms with Gasteiger partial charge in [-0.2, -0.15) is 0 Å². The number of carbonyl (C=O) groups is 1. The van der Waals surface area contributed by atoms with Crippen molar-refractivity contribution in [1.82, 2.24) is 4.98 Å². The molecule has 0 aliphatic heterocycles. The van der Waals surface area contributed by atoms with Gasteiger partial charge in [0, 0.05) is 30.1 Å². The fourth-order valence-electron chi connectivity index (χ4n) is 1.90. The molecule has 20 heavy (non-hydrogen) atoms. The van der Waals surface area contributed by atoms with Crippen molar-refractivity contribution in [2.75, 3.05) is 11.9 Å². The fourth-order valence-corrected chi connectivity index (χ4v) is 1.90. The van der Waals surface area contributed by atoms with Gasteiger partial charge in [0.1, 0.15) is 5.52 Å². The van der Waals surface area contributed by atoms with Crippen molar-refractivity contribution in [3.05, 3.63) is 24.1 Å². The largest absolute Gasteiger partial charge is 0.440 e. The number of oxazole rings is 1. The third-order valence-electron chi connectivity index (χ3n) is 3.40. The maximum absolute atomic E-state index is 11.8. The lowest BCUT2D eigenvalue weighted by atomic mass is 10.1. The first-order chi connectivity index (χ1) is 9.17. The average molecular weight is 296 g/mol. The topological polar surface area (TPSA) is 81.2 Å². The molecule has 5 nitrogen and oxygen atoms in total. The number of rotatable bonds is 4. The van der Waals surface area contributed by atoms with Gasteiger partial charge in [0.25, 0.3) is 0 Å². The van der Waals surface area contributed by atoms with E-state index in [0.717, 1.165) is 35.5 Å². The van der Waals surface area contributed by atoms with Gasteiger partial charge in [-0.3, -0.25) is 4.79 Å².